The van der Waals surface area contributed by atoms with Gasteiger partial charge < -0.3 is 10.6 Å². The maximum Gasteiger partial charge on any atom is 0.255 e. The molecule has 1 aliphatic rings. The van der Waals surface area contributed by atoms with Crippen LogP contribution < -0.4 is 16.2 Å². The van der Waals surface area contributed by atoms with Crippen molar-refractivity contribution in [2.45, 2.75) is 19.8 Å². The van der Waals surface area contributed by atoms with Crippen LogP contribution in [0.25, 0.3) is 0 Å². The second-order valence-electron chi connectivity index (χ2n) is 5.08. The number of hydrogen-bond acceptors (Lipinski definition) is 4. The van der Waals surface area contributed by atoms with E-state index >= 15 is 0 Å². The number of hydrogen-bond donors (Lipinski definition) is 3. The third-order valence-corrected chi connectivity index (χ3v) is 3.47. The van der Waals surface area contributed by atoms with Crippen molar-refractivity contribution in [3.8, 4) is 0 Å². The fraction of sp³-hybridized carbons (Fsp3) is 0.333. The summed E-state index contributed by atoms with van der Waals surface area (Å²) in [6.07, 6.45) is 1.53. The Bertz CT molecular complexity index is 678. The quantitative estimate of drug-likeness (QED) is 0.773. The number of nitrogens with one attached hydrogen (secondary N) is 3. The van der Waals surface area contributed by atoms with Gasteiger partial charge in [0.25, 0.3) is 5.56 Å². The molecule has 0 saturated heterocycles. The van der Waals surface area contributed by atoms with E-state index in [2.05, 4.69) is 20.6 Å². The van der Waals surface area contributed by atoms with Crippen LogP contribution in [0.4, 0.5) is 11.6 Å². The molecule has 5 heteroatoms. The monoisotopic (exact) mass is 270 g/mol. The van der Waals surface area contributed by atoms with Gasteiger partial charge in [-0.05, 0) is 37.6 Å². The largest absolute Gasteiger partial charge is 0.326 e. The van der Waals surface area contributed by atoms with Gasteiger partial charge in [0.1, 0.15) is 0 Å². The third-order valence-electron chi connectivity index (χ3n) is 3.47. The van der Waals surface area contributed by atoms with Crippen LogP contribution in [0, 0.1) is 6.92 Å². The molecule has 5 nitrogen and oxygen atoms in total. The Morgan fingerprint density at radius 2 is 2.10 bits per heavy atom. The Balaban J connectivity index is 1.93. The predicted molar refractivity (Wildman–Crippen MR) is 79.6 cm³/mol. The summed E-state index contributed by atoms with van der Waals surface area (Å²) in [6, 6.07) is 7.99. The van der Waals surface area contributed by atoms with Crippen molar-refractivity contribution in [3.63, 3.8) is 0 Å². The van der Waals surface area contributed by atoms with Crippen molar-refractivity contribution >= 4 is 11.6 Å². The first-order valence-corrected chi connectivity index (χ1v) is 6.89. The van der Waals surface area contributed by atoms with E-state index in [9.17, 15) is 4.79 Å². The fourth-order valence-electron chi connectivity index (χ4n) is 2.47. The third kappa shape index (κ3) is 2.72. The molecule has 3 rings (SSSR count). The van der Waals surface area contributed by atoms with Crippen molar-refractivity contribution < 1.29 is 0 Å². The predicted octanol–water partition coefficient (Wildman–Crippen LogP) is 1.51. The van der Waals surface area contributed by atoms with Crippen LogP contribution in [-0.4, -0.2) is 23.1 Å². The highest BCUT2D eigenvalue weighted by Gasteiger charge is 2.14. The summed E-state index contributed by atoms with van der Waals surface area (Å²) in [6.45, 7) is 3.74. The minimum atomic E-state index is -0.0335. The average molecular weight is 270 g/mol. The smallest absolute Gasteiger partial charge is 0.255 e. The number of rotatable bonds is 2. The summed E-state index contributed by atoms with van der Waals surface area (Å²) < 4.78 is 0. The van der Waals surface area contributed by atoms with Crippen LogP contribution >= 0.6 is 0 Å². The summed E-state index contributed by atoms with van der Waals surface area (Å²) in [4.78, 5) is 19.5. The molecule has 0 fully saturated rings. The molecule has 20 heavy (non-hydrogen) atoms. The molecule has 0 aliphatic carbocycles. The Kier molecular flexibility index (Phi) is 3.52. The maximum absolute atomic E-state index is 12.1. The summed E-state index contributed by atoms with van der Waals surface area (Å²) in [5, 5.41) is 6.45. The van der Waals surface area contributed by atoms with Gasteiger partial charge in [0.15, 0.2) is 0 Å². The van der Waals surface area contributed by atoms with Crippen LogP contribution in [0.2, 0.25) is 0 Å². The number of aromatic nitrogens is 2. The van der Waals surface area contributed by atoms with Crippen LogP contribution in [0.5, 0.6) is 0 Å². The van der Waals surface area contributed by atoms with Gasteiger partial charge >= 0.3 is 0 Å². The van der Waals surface area contributed by atoms with E-state index in [4.69, 9.17) is 0 Å². The Labute approximate surface area is 117 Å². The van der Waals surface area contributed by atoms with E-state index in [1.807, 2.05) is 31.2 Å². The van der Waals surface area contributed by atoms with Gasteiger partial charge in [0, 0.05) is 24.2 Å². The minimum absolute atomic E-state index is 0.0335. The summed E-state index contributed by atoms with van der Waals surface area (Å²) >= 11 is 0. The lowest BCUT2D eigenvalue weighted by Gasteiger charge is -2.09. The van der Waals surface area contributed by atoms with E-state index < -0.39 is 0 Å². The number of benzene rings is 1. The van der Waals surface area contributed by atoms with Gasteiger partial charge in [-0.1, -0.05) is 12.1 Å². The van der Waals surface area contributed by atoms with Gasteiger partial charge in [-0.25, -0.2) is 4.98 Å². The second-order valence-corrected chi connectivity index (χ2v) is 5.08. The molecule has 1 aromatic carbocycles. The molecule has 2 heterocycles. The number of aryl methyl sites for hydroxylation is 1. The zero-order valence-corrected chi connectivity index (χ0v) is 11.5. The summed E-state index contributed by atoms with van der Waals surface area (Å²) in [5.41, 5.74) is 3.77. The molecule has 1 aliphatic heterocycles. The van der Waals surface area contributed by atoms with Crippen molar-refractivity contribution in [1.29, 1.82) is 0 Å². The number of nitrogens with zero attached hydrogens (tertiary/aromatic N) is 1. The van der Waals surface area contributed by atoms with Crippen LogP contribution in [0.3, 0.4) is 0 Å². The molecule has 0 atom stereocenters. The molecule has 104 valence electrons. The van der Waals surface area contributed by atoms with Gasteiger partial charge in [-0.3, -0.25) is 9.78 Å². The molecule has 0 saturated carbocycles. The van der Waals surface area contributed by atoms with E-state index in [0.717, 1.165) is 48.4 Å². The van der Waals surface area contributed by atoms with E-state index in [0.29, 0.717) is 5.95 Å². The molecule has 2 aromatic rings. The number of fused-ring (bicyclic) bond motifs is 1. The average Bonchev–Trinajstić information content (AvgIpc) is 2.64. The molecular weight excluding hydrogens is 252 g/mol. The lowest BCUT2D eigenvalue weighted by atomic mass is 10.1. The second kappa shape index (κ2) is 5.46. The first-order valence-electron chi connectivity index (χ1n) is 6.89. The highest BCUT2D eigenvalue weighted by atomic mass is 16.1. The van der Waals surface area contributed by atoms with Crippen molar-refractivity contribution in [2.24, 2.45) is 0 Å². The topological polar surface area (TPSA) is 69.8 Å². The Morgan fingerprint density at radius 3 is 2.95 bits per heavy atom. The highest BCUT2D eigenvalue weighted by molar-refractivity contribution is 5.54. The Morgan fingerprint density at radius 1 is 1.25 bits per heavy atom. The van der Waals surface area contributed by atoms with Crippen molar-refractivity contribution in [1.82, 2.24) is 15.3 Å². The molecule has 0 unspecified atom stereocenters. The number of anilines is 2. The van der Waals surface area contributed by atoms with Crippen LogP contribution in [-0.2, 0) is 12.8 Å². The number of H-pyrrole nitrogens is 1. The van der Waals surface area contributed by atoms with E-state index in [-0.39, 0.29) is 5.56 Å². The molecule has 0 radical (unpaired) electrons. The van der Waals surface area contributed by atoms with Gasteiger partial charge in [-0.2, -0.15) is 0 Å². The van der Waals surface area contributed by atoms with E-state index in [1.165, 1.54) is 0 Å². The first kappa shape index (κ1) is 12.9. The number of aromatic amines is 1. The lowest BCUT2D eigenvalue weighted by molar-refractivity contribution is 0.708. The molecule has 0 spiro atoms. The standard InChI is InChI=1S/C15H18N4O/c1-10-3-2-4-11(9-10)17-15-18-13-6-8-16-7-5-12(13)14(20)19-15/h2-4,9,16H,5-8H2,1H3,(H2,17,18,19,20). The maximum atomic E-state index is 12.1. The van der Waals surface area contributed by atoms with Crippen molar-refractivity contribution in [2.75, 3.05) is 18.4 Å². The Hall–Kier alpha value is -2.14. The molecular formula is C15H18N4O. The molecule has 1 aromatic heterocycles. The van der Waals surface area contributed by atoms with E-state index in [1.54, 1.807) is 0 Å². The lowest BCUT2D eigenvalue weighted by Crippen LogP contribution is -2.20. The summed E-state index contributed by atoms with van der Waals surface area (Å²) in [5.74, 6) is 0.515. The minimum Gasteiger partial charge on any atom is -0.326 e. The fourth-order valence-corrected chi connectivity index (χ4v) is 2.47. The molecule has 0 amide bonds. The van der Waals surface area contributed by atoms with Gasteiger partial charge in [0.2, 0.25) is 5.95 Å². The first-order chi connectivity index (χ1) is 9.72. The summed E-state index contributed by atoms with van der Waals surface area (Å²) in [7, 11) is 0. The SMILES string of the molecule is Cc1cccc(Nc2nc3c(c(=O)[nH]2)CCNCC3)c1. The normalized spacial score (nSPS) is 14.4. The van der Waals surface area contributed by atoms with Crippen molar-refractivity contribution in [3.05, 3.63) is 51.4 Å². The molecule has 3 N–H and O–H groups in total. The van der Waals surface area contributed by atoms with Crippen LogP contribution in [0.1, 0.15) is 16.8 Å². The van der Waals surface area contributed by atoms with Gasteiger partial charge in [-0.15, -0.1) is 0 Å². The van der Waals surface area contributed by atoms with Crippen LogP contribution in [0.15, 0.2) is 29.1 Å². The molecule has 0 bridgehead atoms. The zero-order valence-electron chi connectivity index (χ0n) is 11.5. The van der Waals surface area contributed by atoms with Gasteiger partial charge in [0.05, 0.1) is 5.69 Å². The highest BCUT2D eigenvalue weighted by Crippen LogP contribution is 2.15. The zero-order chi connectivity index (χ0) is 13.9.